The molecule has 0 saturated heterocycles. The number of rotatable bonds is 10. The van der Waals surface area contributed by atoms with Gasteiger partial charge in [-0.3, -0.25) is 18.8 Å². The molecule has 1 aliphatic rings. The number of hydrogen-bond donors (Lipinski definition) is 3. The number of carbonyl (C=O) groups is 1. The van der Waals surface area contributed by atoms with E-state index in [9.17, 15) is 21.6 Å². The molecule has 0 spiro atoms. The Kier molecular flexibility index (Phi) is 8.12. The number of fused-ring (bicyclic) bond motifs is 1. The largest absolute Gasteiger partial charge is 0.329 e. The molecule has 1 atom stereocenters. The maximum Gasteiger partial charge on any atom is 0.261 e. The molecular weight excluding hydrogens is 574 g/mol. The number of carbonyl (C=O) groups excluding carboxylic acids is 1. The van der Waals surface area contributed by atoms with Crippen LogP contribution in [0.3, 0.4) is 0 Å². The zero-order valence-electron chi connectivity index (χ0n) is 22.6. The minimum atomic E-state index is -3.85. The Morgan fingerprint density at radius 3 is 2.17 bits per heavy atom. The summed E-state index contributed by atoms with van der Waals surface area (Å²) in [6.45, 7) is 0.289. The lowest BCUT2D eigenvalue weighted by molar-refractivity contribution is -0.115. The van der Waals surface area contributed by atoms with Crippen molar-refractivity contribution in [3.8, 4) is 0 Å². The zero-order chi connectivity index (χ0) is 29.9. The highest BCUT2D eigenvalue weighted by molar-refractivity contribution is 7.92. The monoisotopic (exact) mass is 603 g/mol. The molecule has 0 fully saturated rings. The summed E-state index contributed by atoms with van der Waals surface area (Å²) in [4.78, 5) is 18.3. The van der Waals surface area contributed by atoms with Gasteiger partial charge in [0.15, 0.2) is 0 Å². The molecule has 1 heterocycles. The molecule has 4 aromatic rings. The first-order valence-corrected chi connectivity index (χ1v) is 16.3. The van der Waals surface area contributed by atoms with Crippen LogP contribution in [-0.4, -0.2) is 47.8 Å². The molecule has 216 valence electrons. The molecule has 4 N–H and O–H groups in total. The molecular formula is C30H29N5O5S2. The van der Waals surface area contributed by atoms with Crippen molar-refractivity contribution in [2.75, 3.05) is 33.7 Å². The number of nitrogens with zero attached hydrogens (tertiary/aromatic N) is 2. The van der Waals surface area contributed by atoms with Crippen LogP contribution in [0.25, 0.3) is 0 Å². The Morgan fingerprint density at radius 2 is 1.55 bits per heavy atom. The Bertz CT molecular complexity index is 1850. The SMILES string of the molecule is CS(=O)(=O)N(CCN)c1ccc(N=C(c2ccccc2)C2C(=O)Nc3ccc(NS(=O)(=O)c4ccccc4)cc32)cc1. The molecule has 5 rings (SSSR count). The topological polar surface area (TPSA) is 151 Å². The van der Waals surface area contributed by atoms with E-state index in [2.05, 4.69) is 10.0 Å². The van der Waals surface area contributed by atoms with Crippen LogP contribution in [0.1, 0.15) is 17.0 Å². The van der Waals surface area contributed by atoms with Crippen LogP contribution in [0.2, 0.25) is 0 Å². The normalized spacial score (nSPS) is 15.1. The minimum Gasteiger partial charge on any atom is -0.329 e. The summed E-state index contributed by atoms with van der Waals surface area (Å²) in [7, 11) is -7.38. The molecule has 1 unspecified atom stereocenters. The van der Waals surface area contributed by atoms with Gasteiger partial charge in [-0.25, -0.2) is 16.8 Å². The van der Waals surface area contributed by atoms with Gasteiger partial charge in [-0.2, -0.15) is 0 Å². The third kappa shape index (κ3) is 6.20. The second kappa shape index (κ2) is 11.8. The highest BCUT2D eigenvalue weighted by Gasteiger charge is 2.36. The third-order valence-electron chi connectivity index (χ3n) is 6.65. The van der Waals surface area contributed by atoms with E-state index in [1.165, 1.54) is 16.4 Å². The molecule has 1 aliphatic heterocycles. The van der Waals surface area contributed by atoms with Gasteiger partial charge in [0.1, 0.15) is 5.92 Å². The summed E-state index contributed by atoms with van der Waals surface area (Å²) in [5, 5.41) is 2.88. The molecule has 42 heavy (non-hydrogen) atoms. The van der Waals surface area contributed by atoms with Gasteiger partial charge < -0.3 is 11.1 Å². The average molecular weight is 604 g/mol. The van der Waals surface area contributed by atoms with Crippen LogP contribution >= 0.6 is 0 Å². The molecule has 0 bridgehead atoms. The Hall–Kier alpha value is -4.52. The van der Waals surface area contributed by atoms with Crippen molar-refractivity contribution in [1.29, 1.82) is 0 Å². The maximum atomic E-state index is 13.4. The van der Waals surface area contributed by atoms with E-state index >= 15 is 0 Å². The predicted molar refractivity (Wildman–Crippen MR) is 165 cm³/mol. The van der Waals surface area contributed by atoms with E-state index in [-0.39, 0.29) is 23.9 Å². The fourth-order valence-corrected chi connectivity index (χ4v) is 6.76. The lowest BCUT2D eigenvalue weighted by Gasteiger charge is -2.21. The Labute approximate surface area is 245 Å². The van der Waals surface area contributed by atoms with Crippen LogP contribution in [0.15, 0.2) is 113 Å². The highest BCUT2D eigenvalue weighted by atomic mass is 32.2. The first kappa shape index (κ1) is 29.0. The van der Waals surface area contributed by atoms with Gasteiger partial charge in [0.05, 0.1) is 28.2 Å². The lowest BCUT2D eigenvalue weighted by atomic mass is 9.90. The van der Waals surface area contributed by atoms with Crippen molar-refractivity contribution in [3.63, 3.8) is 0 Å². The first-order valence-electron chi connectivity index (χ1n) is 13.0. The van der Waals surface area contributed by atoms with E-state index < -0.39 is 26.0 Å². The van der Waals surface area contributed by atoms with Crippen molar-refractivity contribution in [2.24, 2.45) is 10.7 Å². The summed E-state index contributed by atoms with van der Waals surface area (Å²) in [6.07, 6.45) is 1.12. The molecule has 1 amide bonds. The summed E-state index contributed by atoms with van der Waals surface area (Å²) < 4.78 is 54.2. The van der Waals surface area contributed by atoms with Gasteiger partial charge in [0.25, 0.3) is 10.0 Å². The highest BCUT2D eigenvalue weighted by Crippen LogP contribution is 2.38. The van der Waals surface area contributed by atoms with E-state index in [1.807, 2.05) is 30.3 Å². The van der Waals surface area contributed by atoms with Gasteiger partial charge in [-0.05, 0) is 65.7 Å². The van der Waals surface area contributed by atoms with Crippen LogP contribution in [0.4, 0.5) is 22.7 Å². The number of amides is 1. The van der Waals surface area contributed by atoms with Gasteiger partial charge >= 0.3 is 0 Å². The summed E-state index contributed by atoms with van der Waals surface area (Å²) in [5.74, 6) is -1.15. The van der Waals surface area contributed by atoms with Crippen molar-refractivity contribution in [3.05, 3.63) is 114 Å². The number of sulfonamides is 2. The molecule has 0 aromatic heterocycles. The number of benzene rings is 4. The van der Waals surface area contributed by atoms with Crippen LogP contribution in [0.5, 0.6) is 0 Å². The second-order valence-corrected chi connectivity index (χ2v) is 13.2. The Balaban J connectivity index is 1.54. The zero-order valence-corrected chi connectivity index (χ0v) is 24.3. The van der Waals surface area contributed by atoms with E-state index in [1.54, 1.807) is 60.7 Å². The van der Waals surface area contributed by atoms with Crippen LogP contribution < -0.4 is 20.1 Å². The molecule has 10 nitrogen and oxygen atoms in total. The third-order valence-corrected chi connectivity index (χ3v) is 9.24. The van der Waals surface area contributed by atoms with Crippen molar-refractivity contribution in [2.45, 2.75) is 10.8 Å². The minimum absolute atomic E-state index is 0.118. The summed E-state index contributed by atoms with van der Waals surface area (Å²) in [5.41, 5.74) is 9.14. The summed E-state index contributed by atoms with van der Waals surface area (Å²) >= 11 is 0. The van der Waals surface area contributed by atoms with Crippen molar-refractivity contribution >= 4 is 54.4 Å². The average Bonchev–Trinajstić information content (AvgIpc) is 3.30. The fourth-order valence-electron chi connectivity index (χ4n) is 4.75. The molecule has 12 heteroatoms. The lowest BCUT2D eigenvalue weighted by Crippen LogP contribution is -2.34. The number of nitrogens with one attached hydrogen (secondary N) is 2. The Morgan fingerprint density at radius 1 is 0.905 bits per heavy atom. The van der Waals surface area contributed by atoms with E-state index in [0.717, 1.165) is 6.26 Å². The smallest absolute Gasteiger partial charge is 0.261 e. The van der Waals surface area contributed by atoms with Crippen LogP contribution in [-0.2, 0) is 24.8 Å². The number of anilines is 3. The number of nitrogens with two attached hydrogens (primary N) is 1. The molecule has 0 radical (unpaired) electrons. The fraction of sp³-hybridized carbons (Fsp3) is 0.133. The quantitative estimate of drug-likeness (QED) is 0.233. The van der Waals surface area contributed by atoms with Gasteiger partial charge in [-0.15, -0.1) is 0 Å². The van der Waals surface area contributed by atoms with Gasteiger partial charge in [-0.1, -0.05) is 48.5 Å². The number of hydrogen-bond acceptors (Lipinski definition) is 7. The van der Waals surface area contributed by atoms with E-state index in [4.69, 9.17) is 10.7 Å². The first-order chi connectivity index (χ1) is 20.1. The van der Waals surface area contributed by atoms with E-state index in [0.29, 0.717) is 39.6 Å². The number of aliphatic imine (C=N–C) groups is 1. The predicted octanol–water partition coefficient (Wildman–Crippen LogP) is 4.07. The van der Waals surface area contributed by atoms with Crippen molar-refractivity contribution < 1.29 is 21.6 Å². The van der Waals surface area contributed by atoms with Gasteiger partial charge in [0.2, 0.25) is 15.9 Å². The standard InChI is InChI=1S/C30H29N5O5S2/c1-41(37,38)35(19-18-31)24-15-12-22(13-16-24)32-29(21-8-4-2-5-9-21)28-26-20-23(14-17-27(26)33-30(28)36)34-42(39,40)25-10-6-3-7-11-25/h2-17,20,28,34H,18-19,31H2,1H3,(H,33,36). The molecule has 0 aliphatic carbocycles. The molecule has 0 saturated carbocycles. The maximum absolute atomic E-state index is 13.4. The van der Waals surface area contributed by atoms with Gasteiger partial charge in [0, 0.05) is 24.5 Å². The van der Waals surface area contributed by atoms with Crippen molar-refractivity contribution in [1.82, 2.24) is 0 Å². The van der Waals surface area contributed by atoms with Crippen LogP contribution in [0, 0.1) is 0 Å². The summed E-state index contributed by atoms with van der Waals surface area (Å²) in [6, 6.07) is 28.7. The second-order valence-electron chi connectivity index (χ2n) is 9.65. The molecule has 4 aromatic carbocycles.